The van der Waals surface area contributed by atoms with E-state index in [-0.39, 0.29) is 19.8 Å². The van der Waals surface area contributed by atoms with E-state index in [0.29, 0.717) is 12.8 Å². The molecule has 0 aliphatic carbocycles. The first-order valence-corrected chi connectivity index (χ1v) is 6.41. The van der Waals surface area contributed by atoms with Crippen LogP contribution < -0.4 is 4.72 Å². The molecule has 0 bridgehead atoms. The molecule has 6 nitrogen and oxygen atoms in total. The van der Waals surface area contributed by atoms with Crippen LogP contribution in [0.4, 0.5) is 0 Å². The van der Waals surface area contributed by atoms with Crippen LogP contribution in [-0.4, -0.2) is 45.0 Å². The van der Waals surface area contributed by atoms with Crippen LogP contribution in [-0.2, 0) is 19.6 Å². The molecular formula is C8H17NO5S. The Morgan fingerprint density at radius 2 is 2.07 bits per heavy atom. The van der Waals surface area contributed by atoms with Crippen molar-refractivity contribution in [3.05, 3.63) is 0 Å². The number of carbonyl (C=O) groups is 1. The highest BCUT2D eigenvalue weighted by molar-refractivity contribution is 7.90. The molecular weight excluding hydrogens is 222 g/mol. The molecule has 0 fully saturated rings. The quantitative estimate of drug-likeness (QED) is 0.429. The van der Waals surface area contributed by atoms with Gasteiger partial charge in [0.15, 0.2) is 5.75 Å². The molecule has 0 unspecified atom stereocenters. The second kappa shape index (κ2) is 7.61. The van der Waals surface area contributed by atoms with E-state index in [1.807, 2.05) is 0 Å². The van der Waals surface area contributed by atoms with Gasteiger partial charge in [0.05, 0.1) is 6.61 Å². The van der Waals surface area contributed by atoms with Gasteiger partial charge in [-0.1, -0.05) is 0 Å². The van der Waals surface area contributed by atoms with E-state index in [1.165, 1.54) is 0 Å². The van der Waals surface area contributed by atoms with Crippen molar-refractivity contribution in [1.82, 2.24) is 4.72 Å². The molecule has 0 saturated carbocycles. The van der Waals surface area contributed by atoms with Gasteiger partial charge in [-0.25, -0.2) is 13.1 Å². The summed E-state index contributed by atoms with van der Waals surface area (Å²) in [6, 6.07) is 0. The maximum Gasteiger partial charge on any atom is 0.322 e. The fraction of sp³-hybridized carbons (Fsp3) is 0.875. The van der Waals surface area contributed by atoms with Crippen LogP contribution in [0.3, 0.4) is 0 Å². The third-order valence-corrected chi connectivity index (χ3v) is 2.78. The second-order valence-corrected chi connectivity index (χ2v) is 4.70. The van der Waals surface area contributed by atoms with Crippen LogP contribution in [0.25, 0.3) is 0 Å². The van der Waals surface area contributed by atoms with Crippen LogP contribution in [0.5, 0.6) is 0 Å². The Morgan fingerprint density at radius 1 is 1.40 bits per heavy atom. The van der Waals surface area contributed by atoms with Gasteiger partial charge in [0.1, 0.15) is 0 Å². The molecule has 0 aliphatic rings. The number of hydrogen-bond donors (Lipinski definition) is 2. The van der Waals surface area contributed by atoms with Gasteiger partial charge in [0, 0.05) is 13.2 Å². The predicted molar refractivity (Wildman–Crippen MR) is 54.7 cm³/mol. The van der Waals surface area contributed by atoms with E-state index in [0.717, 1.165) is 0 Å². The number of carbonyl (C=O) groups excluding carboxylic acids is 1. The van der Waals surface area contributed by atoms with E-state index in [4.69, 9.17) is 5.11 Å². The molecule has 2 N–H and O–H groups in total. The lowest BCUT2D eigenvalue weighted by Crippen LogP contribution is -2.31. The molecule has 7 heteroatoms. The van der Waals surface area contributed by atoms with Crippen LogP contribution >= 0.6 is 0 Å². The summed E-state index contributed by atoms with van der Waals surface area (Å²) in [6.07, 6.45) is 1.07. The van der Waals surface area contributed by atoms with E-state index in [9.17, 15) is 13.2 Å². The summed E-state index contributed by atoms with van der Waals surface area (Å²) < 4.78 is 29.2. The average Bonchev–Trinajstić information content (AvgIpc) is 2.12. The van der Waals surface area contributed by atoms with Gasteiger partial charge >= 0.3 is 5.97 Å². The monoisotopic (exact) mass is 239 g/mol. The van der Waals surface area contributed by atoms with Crippen molar-refractivity contribution < 1.29 is 23.1 Å². The number of unbranched alkanes of at least 4 members (excludes halogenated alkanes) is 1. The van der Waals surface area contributed by atoms with Crippen molar-refractivity contribution in [1.29, 1.82) is 0 Å². The van der Waals surface area contributed by atoms with Gasteiger partial charge in [0.25, 0.3) is 0 Å². The minimum Gasteiger partial charge on any atom is -0.465 e. The van der Waals surface area contributed by atoms with Crippen LogP contribution in [0, 0.1) is 0 Å². The Kier molecular flexibility index (Phi) is 7.27. The van der Waals surface area contributed by atoms with E-state index < -0.39 is 21.7 Å². The largest absolute Gasteiger partial charge is 0.465 e. The topological polar surface area (TPSA) is 92.7 Å². The maximum absolute atomic E-state index is 11.2. The Bertz CT molecular complexity index is 275. The normalized spacial score (nSPS) is 11.3. The van der Waals surface area contributed by atoms with Gasteiger partial charge in [-0.2, -0.15) is 0 Å². The van der Waals surface area contributed by atoms with Gasteiger partial charge in [-0.3, -0.25) is 4.79 Å². The van der Waals surface area contributed by atoms with Crippen molar-refractivity contribution in [2.24, 2.45) is 0 Å². The molecule has 0 aromatic rings. The van der Waals surface area contributed by atoms with E-state index in [1.54, 1.807) is 6.92 Å². The minimum atomic E-state index is -3.59. The minimum absolute atomic E-state index is 0.0274. The molecule has 0 radical (unpaired) electrons. The molecule has 0 aromatic carbocycles. The van der Waals surface area contributed by atoms with Crippen molar-refractivity contribution >= 4 is 16.0 Å². The molecule has 0 saturated heterocycles. The highest BCUT2D eigenvalue weighted by atomic mass is 32.2. The lowest BCUT2D eigenvalue weighted by atomic mass is 10.3. The summed E-state index contributed by atoms with van der Waals surface area (Å²) in [5, 5.41) is 8.46. The summed E-state index contributed by atoms with van der Waals surface area (Å²) in [6.45, 7) is 2.03. The number of aliphatic hydroxyl groups is 1. The lowest BCUT2D eigenvalue weighted by molar-refractivity contribution is -0.139. The Labute approximate surface area is 89.7 Å². The van der Waals surface area contributed by atoms with Crippen molar-refractivity contribution in [3.8, 4) is 0 Å². The SMILES string of the molecule is CCOC(=O)CS(=O)(=O)NCCCCO. The fourth-order valence-electron chi connectivity index (χ4n) is 0.873. The second-order valence-electron chi connectivity index (χ2n) is 2.89. The van der Waals surface area contributed by atoms with Gasteiger partial charge in [-0.15, -0.1) is 0 Å². The number of aliphatic hydroxyl groups excluding tert-OH is 1. The first-order valence-electron chi connectivity index (χ1n) is 4.75. The Hall–Kier alpha value is -0.660. The molecule has 15 heavy (non-hydrogen) atoms. The molecule has 0 spiro atoms. The number of hydrogen-bond acceptors (Lipinski definition) is 5. The smallest absolute Gasteiger partial charge is 0.322 e. The first-order chi connectivity index (χ1) is 7.02. The molecule has 0 atom stereocenters. The van der Waals surface area contributed by atoms with Crippen LogP contribution in [0.1, 0.15) is 19.8 Å². The van der Waals surface area contributed by atoms with E-state index >= 15 is 0 Å². The number of nitrogens with one attached hydrogen (secondary N) is 1. The Morgan fingerprint density at radius 3 is 2.60 bits per heavy atom. The van der Waals surface area contributed by atoms with Gasteiger partial charge < -0.3 is 9.84 Å². The maximum atomic E-state index is 11.2. The predicted octanol–water partition coefficient (Wildman–Crippen LogP) is -0.759. The summed E-state index contributed by atoms with van der Waals surface area (Å²) in [5.74, 6) is -1.41. The molecule has 0 rings (SSSR count). The number of sulfonamides is 1. The van der Waals surface area contributed by atoms with Crippen LogP contribution in [0.2, 0.25) is 0 Å². The first kappa shape index (κ1) is 14.3. The average molecular weight is 239 g/mol. The van der Waals surface area contributed by atoms with E-state index in [2.05, 4.69) is 9.46 Å². The highest BCUT2D eigenvalue weighted by Crippen LogP contribution is 1.90. The number of ether oxygens (including phenoxy) is 1. The van der Waals surface area contributed by atoms with Crippen LogP contribution in [0.15, 0.2) is 0 Å². The van der Waals surface area contributed by atoms with Crippen molar-refractivity contribution in [2.75, 3.05) is 25.5 Å². The molecule has 0 aliphatic heterocycles. The van der Waals surface area contributed by atoms with Gasteiger partial charge in [-0.05, 0) is 19.8 Å². The summed E-state index contributed by atoms with van der Waals surface area (Å²) in [7, 11) is -3.59. The zero-order chi connectivity index (χ0) is 11.7. The summed E-state index contributed by atoms with van der Waals surface area (Å²) >= 11 is 0. The highest BCUT2D eigenvalue weighted by Gasteiger charge is 2.16. The molecule has 0 amide bonds. The zero-order valence-electron chi connectivity index (χ0n) is 8.73. The number of esters is 1. The van der Waals surface area contributed by atoms with Crippen molar-refractivity contribution in [3.63, 3.8) is 0 Å². The standard InChI is InChI=1S/C8H17NO5S/c1-2-14-8(11)7-15(12,13)9-5-3-4-6-10/h9-10H,2-7H2,1H3. The molecule has 0 aromatic heterocycles. The zero-order valence-corrected chi connectivity index (χ0v) is 9.55. The third-order valence-electron chi connectivity index (χ3n) is 1.52. The third kappa shape index (κ3) is 8.34. The summed E-state index contributed by atoms with van der Waals surface area (Å²) in [4.78, 5) is 10.9. The van der Waals surface area contributed by atoms with Crippen molar-refractivity contribution in [2.45, 2.75) is 19.8 Å². The molecule has 0 heterocycles. The number of rotatable bonds is 8. The Balaban J connectivity index is 3.82. The van der Waals surface area contributed by atoms with Gasteiger partial charge in [0.2, 0.25) is 10.0 Å². The fourth-order valence-corrected chi connectivity index (χ4v) is 1.82. The lowest BCUT2D eigenvalue weighted by Gasteiger charge is -2.05. The molecule has 90 valence electrons. The summed E-state index contributed by atoms with van der Waals surface area (Å²) in [5.41, 5.74) is 0.